The Kier molecular flexibility index (Phi) is 6.61. The first kappa shape index (κ1) is 20.5. The van der Waals surface area contributed by atoms with Crippen molar-refractivity contribution in [2.24, 2.45) is 11.7 Å². The Labute approximate surface area is 170 Å². The molecular formula is C22H26N4O3. The number of benzene rings is 2. The summed E-state index contributed by atoms with van der Waals surface area (Å²) in [5.41, 5.74) is 8.20. The smallest absolute Gasteiger partial charge is 0.248 e. The number of rotatable bonds is 6. The number of primary amides is 1. The number of amides is 3. The van der Waals surface area contributed by atoms with Crippen molar-refractivity contribution in [3.63, 3.8) is 0 Å². The minimum atomic E-state index is -0.498. The number of hydrogen-bond acceptors (Lipinski definition) is 4. The van der Waals surface area contributed by atoms with E-state index in [1.54, 1.807) is 24.3 Å². The lowest BCUT2D eigenvalue weighted by molar-refractivity contribution is -0.121. The zero-order valence-electron chi connectivity index (χ0n) is 16.5. The van der Waals surface area contributed by atoms with Crippen molar-refractivity contribution in [3.8, 4) is 0 Å². The van der Waals surface area contributed by atoms with Gasteiger partial charge < -0.3 is 16.4 Å². The molecule has 152 valence electrons. The van der Waals surface area contributed by atoms with Gasteiger partial charge >= 0.3 is 0 Å². The Morgan fingerprint density at radius 3 is 2.07 bits per heavy atom. The summed E-state index contributed by atoms with van der Waals surface area (Å²) in [5, 5.41) is 5.78. The molecule has 0 spiro atoms. The van der Waals surface area contributed by atoms with Gasteiger partial charge in [0, 0.05) is 22.9 Å². The van der Waals surface area contributed by atoms with Crippen LogP contribution in [0.5, 0.6) is 0 Å². The van der Waals surface area contributed by atoms with Crippen molar-refractivity contribution in [2.45, 2.75) is 19.8 Å². The van der Waals surface area contributed by atoms with E-state index in [-0.39, 0.29) is 17.7 Å². The number of aryl methyl sites for hydroxylation is 1. The van der Waals surface area contributed by atoms with E-state index in [2.05, 4.69) is 15.5 Å². The molecule has 0 unspecified atom stereocenters. The number of carbonyl (C=O) groups excluding carboxylic acids is 3. The van der Waals surface area contributed by atoms with Crippen molar-refractivity contribution < 1.29 is 14.4 Å². The summed E-state index contributed by atoms with van der Waals surface area (Å²) >= 11 is 0. The lowest BCUT2D eigenvalue weighted by Gasteiger charge is -2.30. The SMILES string of the molecule is Cc1ccc(NC(=O)CN2CCC(C(=O)Nc3ccc(C(N)=O)cc3)CC2)cc1. The van der Waals surface area contributed by atoms with E-state index in [4.69, 9.17) is 5.73 Å². The van der Waals surface area contributed by atoms with Gasteiger partial charge in [0.1, 0.15) is 0 Å². The summed E-state index contributed by atoms with van der Waals surface area (Å²) in [6.07, 6.45) is 1.39. The van der Waals surface area contributed by atoms with Crippen molar-refractivity contribution in [2.75, 3.05) is 30.3 Å². The highest BCUT2D eigenvalue weighted by Gasteiger charge is 2.26. The number of carbonyl (C=O) groups is 3. The molecule has 0 atom stereocenters. The third-order valence-electron chi connectivity index (χ3n) is 5.10. The number of likely N-dealkylation sites (tertiary alicyclic amines) is 1. The second-order valence-corrected chi connectivity index (χ2v) is 7.40. The zero-order chi connectivity index (χ0) is 20.8. The van der Waals surface area contributed by atoms with Crippen LogP contribution in [0.25, 0.3) is 0 Å². The van der Waals surface area contributed by atoms with Crippen LogP contribution in [0.1, 0.15) is 28.8 Å². The highest BCUT2D eigenvalue weighted by Crippen LogP contribution is 2.20. The van der Waals surface area contributed by atoms with Crippen molar-refractivity contribution >= 4 is 29.1 Å². The monoisotopic (exact) mass is 394 g/mol. The molecule has 2 aromatic rings. The van der Waals surface area contributed by atoms with E-state index in [0.29, 0.717) is 43.7 Å². The summed E-state index contributed by atoms with van der Waals surface area (Å²) in [5.74, 6) is -0.684. The van der Waals surface area contributed by atoms with Gasteiger partial charge in [0.05, 0.1) is 6.54 Å². The van der Waals surface area contributed by atoms with Crippen molar-refractivity contribution in [3.05, 3.63) is 59.7 Å². The fourth-order valence-corrected chi connectivity index (χ4v) is 3.36. The Morgan fingerprint density at radius 2 is 1.48 bits per heavy atom. The van der Waals surface area contributed by atoms with Crippen LogP contribution in [0, 0.1) is 12.8 Å². The predicted octanol–water partition coefficient (Wildman–Crippen LogP) is 2.38. The summed E-state index contributed by atoms with van der Waals surface area (Å²) in [7, 11) is 0. The molecule has 4 N–H and O–H groups in total. The molecule has 1 aliphatic heterocycles. The molecule has 0 aromatic heterocycles. The van der Waals surface area contributed by atoms with Gasteiger partial charge in [-0.1, -0.05) is 17.7 Å². The molecule has 1 saturated heterocycles. The maximum atomic E-state index is 12.5. The molecule has 0 radical (unpaired) electrons. The van der Waals surface area contributed by atoms with E-state index in [0.717, 1.165) is 11.3 Å². The minimum absolute atomic E-state index is 0.0411. The van der Waals surface area contributed by atoms with Crippen LogP contribution in [0.4, 0.5) is 11.4 Å². The molecule has 1 fully saturated rings. The number of nitrogens with two attached hydrogens (primary N) is 1. The number of piperidine rings is 1. The number of nitrogens with one attached hydrogen (secondary N) is 2. The zero-order valence-corrected chi connectivity index (χ0v) is 16.5. The van der Waals surface area contributed by atoms with E-state index in [1.807, 2.05) is 31.2 Å². The van der Waals surface area contributed by atoms with Gasteiger partial charge in [0.25, 0.3) is 0 Å². The van der Waals surface area contributed by atoms with Crippen LogP contribution in [0.15, 0.2) is 48.5 Å². The van der Waals surface area contributed by atoms with Crippen LogP contribution in [0.3, 0.4) is 0 Å². The summed E-state index contributed by atoms with van der Waals surface area (Å²) in [6.45, 7) is 3.71. The van der Waals surface area contributed by atoms with E-state index >= 15 is 0 Å². The van der Waals surface area contributed by atoms with Gasteiger partial charge in [0.15, 0.2) is 0 Å². The first-order valence-electron chi connectivity index (χ1n) is 9.70. The molecule has 3 amide bonds. The standard InChI is InChI=1S/C22H26N4O3/c1-15-2-6-18(7-3-15)24-20(27)14-26-12-10-17(11-13-26)22(29)25-19-8-4-16(5-9-19)21(23)28/h2-9,17H,10-14H2,1H3,(H2,23,28)(H,24,27)(H,25,29). The van der Waals surface area contributed by atoms with Crippen molar-refractivity contribution in [1.29, 1.82) is 0 Å². The van der Waals surface area contributed by atoms with Gasteiger partial charge in [-0.15, -0.1) is 0 Å². The van der Waals surface area contributed by atoms with Crippen LogP contribution in [-0.2, 0) is 9.59 Å². The van der Waals surface area contributed by atoms with Crippen LogP contribution in [-0.4, -0.2) is 42.3 Å². The molecule has 7 heteroatoms. The third-order valence-corrected chi connectivity index (χ3v) is 5.10. The first-order valence-corrected chi connectivity index (χ1v) is 9.70. The second kappa shape index (κ2) is 9.34. The lowest BCUT2D eigenvalue weighted by atomic mass is 9.95. The van der Waals surface area contributed by atoms with Crippen LogP contribution >= 0.6 is 0 Å². The molecule has 0 bridgehead atoms. The first-order chi connectivity index (χ1) is 13.9. The predicted molar refractivity (Wildman–Crippen MR) is 113 cm³/mol. The average Bonchev–Trinajstić information content (AvgIpc) is 2.70. The van der Waals surface area contributed by atoms with Gasteiger partial charge in [-0.2, -0.15) is 0 Å². The molecule has 0 aliphatic carbocycles. The van der Waals surface area contributed by atoms with Gasteiger partial charge in [-0.25, -0.2) is 0 Å². The van der Waals surface area contributed by atoms with Crippen LogP contribution < -0.4 is 16.4 Å². The Morgan fingerprint density at radius 1 is 0.931 bits per heavy atom. The molecule has 0 saturated carbocycles. The Bertz CT molecular complexity index is 870. The largest absolute Gasteiger partial charge is 0.366 e. The number of anilines is 2. The van der Waals surface area contributed by atoms with Gasteiger partial charge in [-0.05, 0) is 69.3 Å². The van der Waals surface area contributed by atoms with Crippen molar-refractivity contribution in [1.82, 2.24) is 4.90 Å². The fourth-order valence-electron chi connectivity index (χ4n) is 3.36. The highest BCUT2D eigenvalue weighted by molar-refractivity contribution is 5.95. The highest BCUT2D eigenvalue weighted by atomic mass is 16.2. The maximum Gasteiger partial charge on any atom is 0.248 e. The second-order valence-electron chi connectivity index (χ2n) is 7.40. The van der Waals surface area contributed by atoms with Gasteiger partial charge in [0.2, 0.25) is 17.7 Å². The Balaban J connectivity index is 1.43. The van der Waals surface area contributed by atoms with Gasteiger partial charge in [-0.3, -0.25) is 19.3 Å². The van der Waals surface area contributed by atoms with E-state index in [1.165, 1.54) is 0 Å². The fraction of sp³-hybridized carbons (Fsp3) is 0.318. The Hall–Kier alpha value is -3.19. The molecule has 1 heterocycles. The maximum absolute atomic E-state index is 12.5. The van der Waals surface area contributed by atoms with Crippen LogP contribution in [0.2, 0.25) is 0 Å². The quantitative estimate of drug-likeness (QED) is 0.700. The normalized spacial score (nSPS) is 14.9. The van der Waals surface area contributed by atoms with E-state index < -0.39 is 5.91 Å². The third kappa shape index (κ3) is 5.89. The molecule has 29 heavy (non-hydrogen) atoms. The molecule has 7 nitrogen and oxygen atoms in total. The molecular weight excluding hydrogens is 368 g/mol. The number of hydrogen-bond donors (Lipinski definition) is 3. The average molecular weight is 394 g/mol. The summed E-state index contributed by atoms with van der Waals surface area (Å²) < 4.78 is 0. The molecule has 2 aromatic carbocycles. The molecule has 1 aliphatic rings. The molecule has 3 rings (SSSR count). The topological polar surface area (TPSA) is 105 Å². The summed E-state index contributed by atoms with van der Waals surface area (Å²) in [6, 6.07) is 14.2. The minimum Gasteiger partial charge on any atom is -0.366 e. The lowest BCUT2D eigenvalue weighted by Crippen LogP contribution is -2.41. The summed E-state index contributed by atoms with van der Waals surface area (Å²) in [4.78, 5) is 37.9. The number of nitrogens with zero attached hydrogens (tertiary/aromatic N) is 1. The van der Waals surface area contributed by atoms with E-state index in [9.17, 15) is 14.4 Å².